The Hall–Kier alpha value is -0.210. The van der Waals surface area contributed by atoms with E-state index >= 15 is 0 Å². The standard InChI is InChI=1S/C12H20ClN3O2S2/c1-10-12(19-9-14-10)8-15(2)20(17,18)16-5-3-4-11(6-13)7-16/h9,11H,3-8H2,1-2H3. The molecule has 0 N–H and O–H groups in total. The van der Waals surface area contributed by atoms with E-state index in [1.165, 1.54) is 15.6 Å². The van der Waals surface area contributed by atoms with E-state index in [0.717, 1.165) is 23.4 Å². The summed E-state index contributed by atoms with van der Waals surface area (Å²) in [5, 5.41) is 0. The highest BCUT2D eigenvalue weighted by Gasteiger charge is 2.31. The third-order valence-electron chi connectivity index (χ3n) is 3.63. The zero-order valence-corrected chi connectivity index (χ0v) is 14.1. The Balaban J connectivity index is 2.07. The van der Waals surface area contributed by atoms with E-state index < -0.39 is 10.2 Å². The smallest absolute Gasteiger partial charge is 0.250 e. The number of hydrogen-bond donors (Lipinski definition) is 0. The van der Waals surface area contributed by atoms with Crippen molar-refractivity contribution < 1.29 is 8.42 Å². The van der Waals surface area contributed by atoms with E-state index in [9.17, 15) is 8.42 Å². The summed E-state index contributed by atoms with van der Waals surface area (Å²) in [5.41, 5.74) is 2.64. The van der Waals surface area contributed by atoms with Crippen LogP contribution in [0.3, 0.4) is 0 Å². The van der Waals surface area contributed by atoms with Crippen LogP contribution in [0.4, 0.5) is 0 Å². The van der Waals surface area contributed by atoms with E-state index in [0.29, 0.717) is 25.5 Å². The van der Waals surface area contributed by atoms with Gasteiger partial charge in [0.25, 0.3) is 10.2 Å². The van der Waals surface area contributed by atoms with Crippen molar-refractivity contribution in [3.05, 3.63) is 16.1 Å². The van der Waals surface area contributed by atoms with Gasteiger partial charge in [0.1, 0.15) is 0 Å². The molecule has 0 bridgehead atoms. The van der Waals surface area contributed by atoms with Gasteiger partial charge >= 0.3 is 0 Å². The van der Waals surface area contributed by atoms with Crippen LogP contribution in [0.1, 0.15) is 23.4 Å². The Morgan fingerprint density at radius 2 is 2.35 bits per heavy atom. The molecular formula is C12H20ClN3O2S2. The number of hydrogen-bond acceptors (Lipinski definition) is 4. The Kier molecular flexibility index (Phi) is 5.42. The number of nitrogens with zero attached hydrogens (tertiary/aromatic N) is 3. The van der Waals surface area contributed by atoms with Gasteiger partial charge in [-0.05, 0) is 25.7 Å². The molecule has 1 aliphatic heterocycles. The molecule has 8 heteroatoms. The summed E-state index contributed by atoms with van der Waals surface area (Å²) in [6.45, 7) is 3.39. The second kappa shape index (κ2) is 6.70. The maximum atomic E-state index is 12.6. The topological polar surface area (TPSA) is 53.5 Å². The van der Waals surface area contributed by atoms with Crippen LogP contribution in [0.25, 0.3) is 0 Å². The molecule has 5 nitrogen and oxygen atoms in total. The molecular weight excluding hydrogens is 318 g/mol. The molecule has 1 unspecified atom stereocenters. The maximum Gasteiger partial charge on any atom is 0.282 e. The summed E-state index contributed by atoms with van der Waals surface area (Å²) in [7, 11) is -1.79. The van der Waals surface area contributed by atoms with E-state index in [1.807, 2.05) is 6.92 Å². The van der Waals surface area contributed by atoms with Gasteiger partial charge in [-0.25, -0.2) is 4.98 Å². The normalized spacial score (nSPS) is 21.5. The van der Waals surface area contributed by atoms with Gasteiger partial charge < -0.3 is 0 Å². The molecule has 1 aromatic rings. The number of rotatable bonds is 5. The first-order chi connectivity index (χ1) is 9.45. The number of aryl methyl sites for hydroxylation is 1. The summed E-state index contributed by atoms with van der Waals surface area (Å²) in [6, 6.07) is 0. The first-order valence-electron chi connectivity index (χ1n) is 6.61. The molecule has 0 aliphatic carbocycles. The van der Waals surface area contributed by atoms with Gasteiger partial charge in [0.2, 0.25) is 0 Å². The first kappa shape index (κ1) is 16.2. The minimum absolute atomic E-state index is 0.263. The largest absolute Gasteiger partial charge is 0.282 e. The van der Waals surface area contributed by atoms with Gasteiger partial charge in [-0.3, -0.25) is 0 Å². The predicted molar refractivity (Wildman–Crippen MR) is 82.3 cm³/mol. The fourth-order valence-electron chi connectivity index (χ4n) is 2.32. The summed E-state index contributed by atoms with van der Waals surface area (Å²) < 4.78 is 28.1. The Morgan fingerprint density at radius 3 is 2.95 bits per heavy atom. The zero-order valence-electron chi connectivity index (χ0n) is 11.7. The van der Waals surface area contributed by atoms with Crippen LogP contribution in [-0.2, 0) is 16.8 Å². The number of piperidine rings is 1. The molecule has 1 aromatic heterocycles. The van der Waals surface area contributed by atoms with Crippen molar-refractivity contribution in [3.8, 4) is 0 Å². The SMILES string of the molecule is Cc1ncsc1CN(C)S(=O)(=O)N1CCCC(CCl)C1. The summed E-state index contributed by atoms with van der Waals surface area (Å²) in [5.74, 6) is 0.780. The fraction of sp³-hybridized carbons (Fsp3) is 0.750. The fourth-order valence-corrected chi connectivity index (χ4v) is 4.93. The van der Waals surface area contributed by atoms with Gasteiger partial charge in [0.15, 0.2) is 0 Å². The quantitative estimate of drug-likeness (QED) is 0.773. The van der Waals surface area contributed by atoms with Crippen molar-refractivity contribution >= 4 is 33.1 Å². The zero-order chi connectivity index (χ0) is 14.8. The number of thiazole rings is 1. The first-order valence-corrected chi connectivity index (χ1v) is 9.42. The van der Waals surface area contributed by atoms with E-state index in [-0.39, 0.29) is 5.92 Å². The highest BCUT2D eigenvalue weighted by molar-refractivity contribution is 7.86. The maximum absolute atomic E-state index is 12.6. The van der Waals surface area contributed by atoms with Crippen LogP contribution in [-0.4, -0.2) is 48.0 Å². The monoisotopic (exact) mass is 337 g/mol. The lowest BCUT2D eigenvalue weighted by atomic mass is 10.0. The average molecular weight is 338 g/mol. The van der Waals surface area contributed by atoms with Crippen LogP contribution in [0.15, 0.2) is 5.51 Å². The van der Waals surface area contributed by atoms with Crippen molar-refractivity contribution in [2.24, 2.45) is 5.92 Å². The minimum Gasteiger partial charge on any atom is -0.250 e. The highest BCUT2D eigenvalue weighted by atomic mass is 35.5. The third-order valence-corrected chi connectivity index (χ3v) is 6.89. The van der Waals surface area contributed by atoms with E-state index in [4.69, 9.17) is 11.6 Å². The second-order valence-electron chi connectivity index (χ2n) is 5.15. The Labute approximate surface area is 129 Å². The van der Waals surface area contributed by atoms with Crippen LogP contribution < -0.4 is 0 Å². The van der Waals surface area contributed by atoms with Crippen molar-refractivity contribution in [1.29, 1.82) is 0 Å². The van der Waals surface area contributed by atoms with Crippen LogP contribution in [0.2, 0.25) is 0 Å². The van der Waals surface area contributed by atoms with Crippen molar-refractivity contribution in [2.45, 2.75) is 26.3 Å². The number of alkyl halides is 1. The third kappa shape index (κ3) is 3.51. The molecule has 1 atom stereocenters. The molecule has 2 heterocycles. The Bertz CT molecular complexity index is 547. The predicted octanol–water partition coefficient (Wildman–Crippen LogP) is 2.08. The van der Waals surface area contributed by atoms with E-state index in [2.05, 4.69) is 4.98 Å². The lowest BCUT2D eigenvalue weighted by molar-refractivity contribution is 0.265. The summed E-state index contributed by atoms with van der Waals surface area (Å²) >= 11 is 7.36. The van der Waals surface area contributed by atoms with E-state index in [1.54, 1.807) is 16.9 Å². The average Bonchev–Trinajstić information content (AvgIpc) is 2.84. The summed E-state index contributed by atoms with van der Waals surface area (Å²) in [4.78, 5) is 5.14. The van der Waals surface area contributed by atoms with Crippen LogP contribution >= 0.6 is 22.9 Å². The molecule has 114 valence electrons. The Morgan fingerprint density at radius 1 is 1.60 bits per heavy atom. The second-order valence-corrected chi connectivity index (χ2v) is 8.43. The summed E-state index contributed by atoms with van der Waals surface area (Å²) in [6.07, 6.45) is 1.89. The molecule has 0 aromatic carbocycles. The van der Waals surface area contributed by atoms with Gasteiger partial charge in [-0.1, -0.05) is 0 Å². The molecule has 1 aliphatic rings. The number of halogens is 1. The molecule has 1 saturated heterocycles. The van der Waals surface area contributed by atoms with Gasteiger partial charge in [0.05, 0.1) is 17.7 Å². The molecule has 0 radical (unpaired) electrons. The van der Waals surface area contributed by atoms with Crippen molar-refractivity contribution in [1.82, 2.24) is 13.6 Å². The molecule has 20 heavy (non-hydrogen) atoms. The number of aromatic nitrogens is 1. The minimum atomic E-state index is -3.41. The van der Waals surface area contributed by atoms with Crippen LogP contribution in [0.5, 0.6) is 0 Å². The molecule has 0 saturated carbocycles. The molecule has 1 fully saturated rings. The van der Waals surface area contributed by atoms with Gasteiger partial charge in [-0.15, -0.1) is 22.9 Å². The van der Waals surface area contributed by atoms with Crippen molar-refractivity contribution in [3.63, 3.8) is 0 Å². The lowest BCUT2D eigenvalue weighted by Gasteiger charge is -2.33. The van der Waals surface area contributed by atoms with Crippen molar-refractivity contribution in [2.75, 3.05) is 26.0 Å². The highest BCUT2D eigenvalue weighted by Crippen LogP contribution is 2.23. The van der Waals surface area contributed by atoms with Gasteiger partial charge in [0, 0.05) is 30.9 Å². The lowest BCUT2D eigenvalue weighted by Crippen LogP contribution is -2.46. The van der Waals surface area contributed by atoms with Crippen LogP contribution in [0, 0.1) is 12.8 Å². The molecule has 0 spiro atoms. The molecule has 2 rings (SSSR count). The van der Waals surface area contributed by atoms with Gasteiger partial charge in [-0.2, -0.15) is 17.0 Å². The molecule has 0 amide bonds.